The van der Waals surface area contributed by atoms with Crippen LogP contribution in [0, 0.1) is 0 Å². The van der Waals surface area contributed by atoms with Crippen LogP contribution in [0.1, 0.15) is 27.2 Å². The number of rotatable bonds is 5. The third-order valence-corrected chi connectivity index (χ3v) is 10.2. The molecule has 0 N–H and O–H groups in total. The highest BCUT2D eigenvalue weighted by molar-refractivity contribution is 9.10. The molecule has 1 aromatic carbocycles. The van der Waals surface area contributed by atoms with Crippen molar-refractivity contribution in [3.8, 4) is 0 Å². The van der Waals surface area contributed by atoms with Crippen molar-refractivity contribution in [2.75, 3.05) is 6.61 Å². The molecular formula is C17H24BrClN2O2Si. The Morgan fingerprint density at radius 3 is 2.62 bits per heavy atom. The third kappa shape index (κ3) is 4.10. The number of aromatic nitrogens is 2. The van der Waals surface area contributed by atoms with E-state index in [9.17, 15) is 4.79 Å². The van der Waals surface area contributed by atoms with Crippen LogP contribution in [0.25, 0.3) is 10.9 Å². The average Bonchev–Trinajstić information content (AvgIpc) is 2.46. The van der Waals surface area contributed by atoms with Crippen molar-refractivity contribution in [2.24, 2.45) is 0 Å². The Morgan fingerprint density at radius 2 is 2.00 bits per heavy atom. The van der Waals surface area contributed by atoms with Gasteiger partial charge in [-0.15, -0.1) is 0 Å². The van der Waals surface area contributed by atoms with Gasteiger partial charge in [0.15, 0.2) is 8.32 Å². The van der Waals surface area contributed by atoms with Gasteiger partial charge in [0, 0.05) is 17.6 Å². The second-order valence-corrected chi connectivity index (χ2v) is 13.4. The first-order valence-electron chi connectivity index (χ1n) is 8.03. The van der Waals surface area contributed by atoms with Crippen molar-refractivity contribution in [3.05, 3.63) is 38.3 Å². The Labute approximate surface area is 157 Å². The maximum Gasteiger partial charge on any atom is 0.262 e. The SMILES string of the molecule is CC(C)(C)[Si](C)(C)OCCCn1c(Cl)nc2c(Br)cccc2c1=O. The maximum absolute atomic E-state index is 12.6. The van der Waals surface area contributed by atoms with Crippen LogP contribution in [0.5, 0.6) is 0 Å². The van der Waals surface area contributed by atoms with Gasteiger partial charge in [-0.05, 0) is 64.2 Å². The van der Waals surface area contributed by atoms with E-state index in [0.29, 0.717) is 24.1 Å². The van der Waals surface area contributed by atoms with Gasteiger partial charge in [-0.25, -0.2) is 4.98 Å². The molecule has 1 heterocycles. The minimum absolute atomic E-state index is 0.112. The number of nitrogens with zero attached hydrogens (tertiary/aromatic N) is 2. The molecule has 132 valence electrons. The normalized spacial score (nSPS) is 12.8. The van der Waals surface area contributed by atoms with Gasteiger partial charge in [0.05, 0.1) is 10.9 Å². The lowest BCUT2D eigenvalue weighted by Gasteiger charge is -2.36. The van der Waals surface area contributed by atoms with Gasteiger partial charge >= 0.3 is 0 Å². The van der Waals surface area contributed by atoms with Crippen molar-refractivity contribution in [1.29, 1.82) is 0 Å². The van der Waals surface area contributed by atoms with Gasteiger partial charge < -0.3 is 4.43 Å². The van der Waals surface area contributed by atoms with E-state index in [4.69, 9.17) is 16.0 Å². The Morgan fingerprint density at radius 1 is 1.33 bits per heavy atom. The van der Waals surface area contributed by atoms with E-state index in [1.54, 1.807) is 6.07 Å². The Balaban J connectivity index is 2.13. The van der Waals surface area contributed by atoms with Crippen molar-refractivity contribution in [2.45, 2.75) is 51.9 Å². The molecule has 0 amide bonds. The van der Waals surface area contributed by atoms with Crippen LogP contribution in [0.15, 0.2) is 27.5 Å². The predicted octanol–water partition coefficient (Wildman–Crippen LogP) is 5.22. The lowest BCUT2D eigenvalue weighted by molar-refractivity contribution is 0.274. The summed E-state index contributed by atoms with van der Waals surface area (Å²) in [5.41, 5.74) is 0.486. The minimum Gasteiger partial charge on any atom is -0.417 e. The molecule has 0 fully saturated rings. The highest BCUT2D eigenvalue weighted by atomic mass is 79.9. The fourth-order valence-electron chi connectivity index (χ4n) is 2.14. The number of hydrogen-bond donors (Lipinski definition) is 0. The molecule has 0 unspecified atom stereocenters. The van der Waals surface area contributed by atoms with E-state index in [1.165, 1.54) is 4.57 Å². The first-order chi connectivity index (χ1) is 11.0. The quantitative estimate of drug-likeness (QED) is 0.370. The average molecular weight is 432 g/mol. The van der Waals surface area contributed by atoms with Gasteiger partial charge in [-0.2, -0.15) is 0 Å². The summed E-state index contributed by atoms with van der Waals surface area (Å²) >= 11 is 9.63. The Bertz CT molecular complexity index is 800. The summed E-state index contributed by atoms with van der Waals surface area (Å²) in [5, 5.41) is 0.962. The van der Waals surface area contributed by atoms with Crippen molar-refractivity contribution in [1.82, 2.24) is 9.55 Å². The molecule has 0 aliphatic heterocycles. The monoisotopic (exact) mass is 430 g/mol. The summed E-state index contributed by atoms with van der Waals surface area (Å²) in [5.74, 6) is 0. The molecule has 7 heteroatoms. The van der Waals surface area contributed by atoms with E-state index in [1.807, 2.05) is 12.1 Å². The standard InChI is InChI=1S/C17H24BrClN2O2Si/c1-17(2,3)24(4,5)23-11-7-10-21-15(22)12-8-6-9-13(18)14(12)20-16(21)19/h6,8-9H,7,10-11H2,1-5H3. The van der Waals surface area contributed by atoms with E-state index in [0.717, 1.165) is 10.9 Å². The number of fused-ring (bicyclic) bond motifs is 1. The fraction of sp³-hybridized carbons (Fsp3) is 0.529. The second-order valence-electron chi connectivity index (χ2n) is 7.44. The molecule has 4 nitrogen and oxygen atoms in total. The van der Waals surface area contributed by atoms with E-state index in [-0.39, 0.29) is 15.9 Å². The topological polar surface area (TPSA) is 44.1 Å². The van der Waals surface area contributed by atoms with Gasteiger partial charge in [0.1, 0.15) is 0 Å². The highest BCUT2D eigenvalue weighted by Crippen LogP contribution is 2.36. The van der Waals surface area contributed by atoms with Crippen molar-refractivity contribution < 1.29 is 4.43 Å². The second kappa shape index (κ2) is 7.28. The highest BCUT2D eigenvalue weighted by Gasteiger charge is 2.36. The number of para-hydroxylation sites is 1. The van der Waals surface area contributed by atoms with Gasteiger partial charge in [-0.1, -0.05) is 26.8 Å². The first kappa shape index (κ1) is 19.6. The summed E-state index contributed by atoms with van der Waals surface area (Å²) in [4.78, 5) is 17.0. The molecule has 0 atom stereocenters. The smallest absolute Gasteiger partial charge is 0.262 e. The van der Waals surface area contributed by atoms with Crippen molar-refractivity contribution >= 4 is 46.8 Å². The van der Waals surface area contributed by atoms with Crippen LogP contribution in [0.4, 0.5) is 0 Å². The molecule has 0 saturated carbocycles. The zero-order valence-electron chi connectivity index (χ0n) is 14.8. The third-order valence-electron chi connectivity index (χ3n) is 4.68. The summed E-state index contributed by atoms with van der Waals surface area (Å²) < 4.78 is 8.44. The van der Waals surface area contributed by atoms with Gasteiger partial charge in [0.2, 0.25) is 5.28 Å². The van der Waals surface area contributed by atoms with E-state index >= 15 is 0 Å². The molecule has 0 saturated heterocycles. The van der Waals surface area contributed by atoms with Gasteiger partial charge in [0.25, 0.3) is 5.56 Å². The number of hydrogen-bond acceptors (Lipinski definition) is 3. The molecule has 0 spiro atoms. The molecule has 2 rings (SSSR count). The van der Waals surface area contributed by atoms with E-state index < -0.39 is 8.32 Å². The summed E-state index contributed by atoms with van der Waals surface area (Å²) in [6.07, 6.45) is 0.729. The summed E-state index contributed by atoms with van der Waals surface area (Å²) in [6, 6.07) is 5.45. The zero-order valence-corrected chi connectivity index (χ0v) is 18.2. The predicted molar refractivity (Wildman–Crippen MR) is 106 cm³/mol. The molecule has 1 aromatic heterocycles. The largest absolute Gasteiger partial charge is 0.417 e. The van der Waals surface area contributed by atoms with Crippen LogP contribution in [0.2, 0.25) is 23.4 Å². The molecule has 0 aliphatic rings. The Kier molecular flexibility index (Phi) is 5.95. The fourth-order valence-corrected chi connectivity index (χ4v) is 3.93. The zero-order chi connectivity index (χ0) is 18.1. The molecule has 2 aromatic rings. The lowest BCUT2D eigenvalue weighted by Crippen LogP contribution is -2.41. The summed E-state index contributed by atoms with van der Waals surface area (Å²) in [7, 11) is -1.76. The molecule has 0 aliphatic carbocycles. The number of halogens is 2. The van der Waals surface area contributed by atoms with Crippen LogP contribution in [0.3, 0.4) is 0 Å². The maximum atomic E-state index is 12.6. The molecule has 0 bridgehead atoms. The van der Waals surface area contributed by atoms with Gasteiger partial charge in [-0.3, -0.25) is 9.36 Å². The van der Waals surface area contributed by atoms with Crippen molar-refractivity contribution in [3.63, 3.8) is 0 Å². The molecular weight excluding hydrogens is 408 g/mol. The Hall–Kier alpha value is -0.693. The number of benzene rings is 1. The first-order valence-corrected chi connectivity index (χ1v) is 12.1. The van der Waals surface area contributed by atoms with Crippen LogP contribution >= 0.6 is 27.5 Å². The summed E-state index contributed by atoms with van der Waals surface area (Å²) in [6.45, 7) is 12.2. The van der Waals surface area contributed by atoms with Crippen LogP contribution in [-0.2, 0) is 11.0 Å². The lowest BCUT2D eigenvalue weighted by atomic mass is 10.2. The molecule has 24 heavy (non-hydrogen) atoms. The van der Waals surface area contributed by atoms with Crippen LogP contribution < -0.4 is 5.56 Å². The van der Waals surface area contributed by atoms with Crippen LogP contribution in [-0.4, -0.2) is 24.5 Å². The molecule has 0 radical (unpaired) electrons. The van der Waals surface area contributed by atoms with E-state index in [2.05, 4.69) is 54.8 Å². The minimum atomic E-state index is -1.76.